The Kier molecular flexibility index (Phi) is 5.78. The maximum absolute atomic E-state index is 12.0. The van der Waals surface area contributed by atoms with Gasteiger partial charge in [-0.2, -0.15) is 0 Å². The van der Waals surface area contributed by atoms with E-state index in [9.17, 15) is 4.79 Å². The third kappa shape index (κ3) is 4.48. The van der Waals surface area contributed by atoms with E-state index in [2.05, 4.69) is 5.32 Å². The molecule has 2 rings (SSSR count). The molecule has 2 heterocycles. The standard InChI is InChI=1S/C14H26N2O2/c17-14(16-10-4-1-2-5-11-16)15-9-8-13-7-3-6-12-18-13/h13H,1-12H2,(H,15,17). The fourth-order valence-corrected chi connectivity index (χ4v) is 2.76. The number of carbonyl (C=O) groups is 1. The van der Waals surface area contributed by atoms with E-state index in [0.29, 0.717) is 6.10 Å². The van der Waals surface area contributed by atoms with Gasteiger partial charge in [-0.15, -0.1) is 0 Å². The Morgan fingerprint density at radius 3 is 2.56 bits per heavy atom. The Balaban J connectivity index is 1.61. The largest absolute Gasteiger partial charge is 0.378 e. The summed E-state index contributed by atoms with van der Waals surface area (Å²) in [6, 6.07) is 0.118. The van der Waals surface area contributed by atoms with E-state index in [1.807, 2.05) is 4.90 Å². The summed E-state index contributed by atoms with van der Waals surface area (Å²) in [4.78, 5) is 13.9. The van der Waals surface area contributed by atoms with Gasteiger partial charge in [0.05, 0.1) is 6.10 Å². The zero-order valence-corrected chi connectivity index (χ0v) is 11.3. The predicted octanol–water partition coefficient (Wildman–Crippen LogP) is 2.53. The average molecular weight is 254 g/mol. The van der Waals surface area contributed by atoms with Gasteiger partial charge in [-0.3, -0.25) is 0 Å². The summed E-state index contributed by atoms with van der Waals surface area (Å²) in [6.07, 6.45) is 9.77. The number of hydrogen-bond donors (Lipinski definition) is 1. The first-order valence-corrected chi connectivity index (χ1v) is 7.50. The van der Waals surface area contributed by atoms with Gasteiger partial charge in [0.25, 0.3) is 0 Å². The zero-order valence-electron chi connectivity index (χ0n) is 11.3. The number of nitrogens with one attached hydrogen (secondary N) is 1. The fraction of sp³-hybridized carbons (Fsp3) is 0.929. The number of hydrogen-bond acceptors (Lipinski definition) is 2. The van der Waals surface area contributed by atoms with Gasteiger partial charge in [-0.1, -0.05) is 12.8 Å². The molecule has 0 saturated carbocycles. The molecule has 0 aliphatic carbocycles. The molecule has 0 aromatic heterocycles. The van der Waals surface area contributed by atoms with Gasteiger partial charge < -0.3 is 15.0 Å². The lowest BCUT2D eigenvalue weighted by Gasteiger charge is -2.24. The molecule has 0 aromatic rings. The van der Waals surface area contributed by atoms with Gasteiger partial charge in [0, 0.05) is 26.2 Å². The molecule has 2 aliphatic rings. The topological polar surface area (TPSA) is 41.6 Å². The van der Waals surface area contributed by atoms with Crippen LogP contribution < -0.4 is 5.32 Å². The molecule has 2 amide bonds. The normalized spacial score (nSPS) is 25.6. The summed E-state index contributed by atoms with van der Waals surface area (Å²) in [5.41, 5.74) is 0. The Hall–Kier alpha value is -0.770. The van der Waals surface area contributed by atoms with Crippen molar-refractivity contribution in [2.45, 2.75) is 57.5 Å². The second-order valence-electron chi connectivity index (χ2n) is 5.41. The minimum atomic E-state index is 0.118. The third-order valence-corrected chi connectivity index (χ3v) is 3.91. The molecule has 4 nitrogen and oxygen atoms in total. The summed E-state index contributed by atoms with van der Waals surface area (Å²) in [7, 11) is 0. The quantitative estimate of drug-likeness (QED) is 0.841. The Bertz CT molecular complexity index is 244. The molecule has 1 unspecified atom stereocenters. The van der Waals surface area contributed by atoms with E-state index < -0.39 is 0 Å². The van der Waals surface area contributed by atoms with Gasteiger partial charge in [0.15, 0.2) is 0 Å². The first-order valence-electron chi connectivity index (χ1n) is 7.50. The van der Waals surface area contributed by atoms with Crippen LogP contribution in [0.3, 0.4) is 0 Å². The third-order valence-electron chi connectivity index (χ3n) is 3.91. The van der Waals surface area contributed by atoms with Crippen molar-refractivity contribution in [3.8, 4) is 0 Å². The van der Waals surface area contributed by atoms with Crippen molar-refractivity contribution in [3.63, 3.8) is 0 Å². The fourth-order valence-electron chi connectivity index (χ4n) is 2.76. The highest BCUT2D eigenvalue weighted by Crippen LogP contribution is 2.15. The van der Waals surface area contributed by atoms with E-state index in [0.717, 1.165) is 51.9 Å². The molecule has 0 bridgehead atoms. The van der Waals surface area contributed by atoms with Crippen LogP contribution in [0.15, 0.2) is 0 Å². The van der Waals surface area contributed by atoms with E-state index in [-0.39, 0.29) is 6.03 Å². The maximum atomic E-state index is 12.0. The van der Waals surface area contributed by atoms with Crippen molar-refractivity contribution < 1.29 is 9.53 Å². The van der Waals surface area contributed by atoms with Gasteiger partial charge in [0.2, 0.25) is 0 Å². The van der Waals surface area contributed by atoms with Crippen molar-refractivity contribution in [1.82, 2.24) is 10.2 Å². The summed E-state index contributed by atoms with van der Waals surface area (Å²) in [5.74, 6) is 0. The molecule has 0 radical (unpaired) electrons. The van der Waals surface area contributed by atoms with Crippen molar-refractivity contribution in [2.24, 2.45) is 0 Å². The van der Waals surface area contributed by atoms with Crippen LogP contribution in [0, 0.1) is 0 Å². The molecule has 2 saturated heterocycles. The first kappa shape index (κ1) is 13.7. The highest BCUT2D eigenvalue weighted by Gasteiger charge is 2.17. The molecular weight excluding hydrogens is 228 g/mol. The zero-order chi connectivity index (χ0) is 12.6. The lowest BCUT2D eigenvalue weighted by Crippen LogP contribution is -2.41. The van der Waals surface area contributed by atoms with Crippen LogP contribution in [-0.4, -0.2) is 43.3 Å². The number of amides is 2. The molecule has 18 heavy (non-hydrogen) atoms. The second kappa shape index (κ2) is 7.62. The van der Waals surface area contributed by atoms with Crippen LogP contribution in [0.25, 0.3) is 0 Å². The van der Waals surface area contributed by atoms with Crippen LogP contribution in [0.2, 0.25) is 0 Å². The highest BCUT2D eigenvalue weighted by atomic mass is 16.5. The Morgan fingerprint density at radius 2 is 1.89 bits per heavy atom. The maximum Gasteiger partial charge on any atom is 0.317 e. The number of carbonyl (C=O) groups excluding carboxylic acids is 1. The summed E-state index contributed by atoms with van der Waals surface area (Å²) in [5, 5.41) is 3.03. The first-order chi connectivity index (χ1) is 8.86. The smallest absolute Gasteiger partial charge is 0.317 e. The van der Waals surface area contributed by atoms with Crippen molar-refractivity contribution in [1.29, 1.82) is 0 Å². The van der Waals surface area contributed by atoms with Crippen LogP contribution in [0.1, 0.15) is 51.4 Å². The van der Waals surface area contributed by atoms with Gasteiger partial charge in [-0.25, -0.2) is 4.79 Å². The van der Waals surface area contributed by atoms with Gasteiger partial charge in [0.1, 0.15) is 0 Å². The molecule has 1 N–H and O–H groups in total. The molecule has 104 valence electrons. The molecule has 0 aromatic carbocycles. The van der Waals surface area contributed by atoms with Crippen molar-refractivity contribution >= 4 is 6.03 Å². The van der Waals surface area contributed by atoms with E-state index in [1.165, 1.54) is 25.7 Å². The molecule has 2 aliphatic heterocycles. The molecule has 1 atom stereocenters. The lowest BCUT2D eigenvalue weighted by molar-refractivity contribution is 0.0118. The minimum absolute atomic E-state index is 0.118. The predicted molar refractivity (Wildman–Crippen MR) is 71.6 cm³/mol. The van der Waals surface area contributed by atoms with E-state index in [4.69, 9.17) is 4.74 Å². The summed E-state index contributed by atoms with van der Waals surface area (Å²) < 4.78 is 5.66. The number of rotatable bonds is 3. The lowest BCUT2D eigenvalue weighted by atomic mass is 10.1. The van der Waals surface area contributed by atoms with Crippen LogP contribution in [-0.2, 0) is 4.74 Å². The summed E-state index contributed by atoms with van der Waals surface area (Å²) >= 11 is 0. The van der Waals surface area contributed by atoms with Crippen LogP contribution in [0.5, 0.6) is 0 Å². The number of urea groups is 1. The second-order valence-corrected chi connectivity index (χ2v) is 5.41. The SMILES string of the molecule is O=C(NCCC1CCCCO1)N1CCCCCC1. The average Bonchev–Trinajstić information content (AvgIpc) is 2.69. The number of ether oxygens (including phenoxy) is 1. The molecular formula is C14H26N2O2. The van der Waals surface area contributed by atoms with Crippen molar-refractivity contribution in [3.05, 3.63) is 0 Å². The van der Waals surface area contributed by atoms with Gasteiger partial charge >= 0.3 is 6.03 Å². The molecule has 4 heteroatoms. The number of nitrogens with zero attached hydrogens (tertiary/aromatic N) is 1. The minimum Gasteiger partial charge on any atom is -0.378 e. The Labute approximate surface area is 110 Å². The highest BCUT2D eigenvalue weighted by molar-refractivity contribution is 5.74. The monoisotopic (exact) mass is 254 g/mol. The van der Waals surface area contributed by atoms with Crippen LogP contribution >= 0.6 is 0 Å². The number of likely N-dealkylation sites (tertiary alicyclic amines) is 1. The van der Waals surface area contributed by atoms with Crippen molar-refractivity contribution in [2.75, 3.05) is 26.2 Å². The van der Waals surface area contributed by atoms with Gasteiger partial charge in [-0.05, 0) is 38.5 Å². The molecule has 0 spiro atoms. The van der Waals surface area contributed by atoms with E-state index in [1.54, 1.807) is 0 Å². The summed E-state index contributed by atoms with van der Waals surface area (Å²) in [6.45, 7) is 3.49. The van der Waals surface area contributed by atoms with E-state index >= 15 is 0 Å². The molecule has 2 fully saturated rings. The van der Waals surface area contributed by atoms with Crippen LogP contribution in [0.4, 0.5) is 4.79 Å². The Morgan fingerprint density at radius 1 is 1.11 bits per heavy atom.